The van der Waals surface area contributed by atoms with Gasteiger partial charge in [-0.1, -0.05) is 147 Å². The van der Waals surface area contributed by atoms with Crippen LogP contribution < -0.4 is 0 Å². The van der Waals surface area contributed by atoms with Crippen LogP contribution >= 0.6 is 0 Å². The lowest BCUT2D eigenvalue weighted by Gasteiger charge is -2.18. The zero-order valence-corrected chi connectivity index (χ0v) is 29.1. The van der Waals surface area contributed by atoms with Gasteiger partial charge in [-0.15, -0.1) is 0 Å². The Morgan fingerprint density at radius 1 is 0.574 bits per heavy atom. The molecule has 0 radical (unpaired) electrons. The first-order chi connectivity index (χ1) is 22.3. The van der Waals surface area contributed by atoms with Crippen molar-refractivity contribution in [3.05, 3.63) is 156 Å². The maximum absolute atomic E-state index is 11.7. The lowest BCUT2D eigenvalue weighted by Crippen LogP contribution is -2.29. The molecular weight excluding hydrogens is 586 g/mol. The predicted molar refractivity (Wildman–Crippen MR) is 192 cm³/mol. The maximum Gasteiger partial charge on any atom is 0.310 e. The van der Waals surface area contributed by atoms with E-state index in [0.29, 0.717) is 5.92 Å². The van der Waals surface area contributed by atoms with E-state index in [4.69, 9.17) is 9.94 Å². The van der Waals surface area contributed by atoms with Crippen LogP contribution in [-0.4, -0.2) is 42.0 Å². The third kappa shape index (κ3) is 14.9. The number of allylic oxidation sites excluding steroid dienone is 1. The molecule has 4 aromatic rings. The third-order valence-corrected chi connectivity index (χ3v) is 7.87. The fourth-order valence-corrected chi connectivity index (χ4v) is 4.13. The van der Waals surface area contributed by atoms with E-state index in [1.807, 2.05) is 111 Å². The van der Waals surface area contributed by atoms with Gasteiger partial charge in [0, 0.05) is 18.9 Å². The van der Waals surface area contributed by atoms with Crippen molar-refractivity contribution in [2.75, 3.05) is 14.2 Å². The van der Waals surface area contributed by atoms with E-state index in [1.54, 1.807) is 20.9 Å². The van der Waals surface area contributed by atoms with Crippen molar-refractivity contribution in [1.29, 1.82) is 0 Å². The quantitative estimate of drug-likeness (QED) is 0.146. The molecule has 0 heterocycles. The predicted octanol–water partition coefficient (Wildman–Crippen LogP) is 9.43. The molecule has 0 aliphatic heterocycles. The number of carboxylic acid groups (broad SMARTS) is 1. The molecule has 0 aliphatic carbocycles. The molecular formula is C41H51NO5. The van der Waals surface area contributed by atoms with Gasteiger partial charge in [0.15, 0.2) is 0 Å². The number of amides is 1. The number of hydrogen-bond acceptors (Lipinski definition) is 4. The number of likely N-dealkylation sites (N-methyl/N-ethyl adjacent to an activating group) is 1. The largest absolute Gasteiger partial charge is 0.481 e. The molecule has 4 atom stereocenters. The summed E-state index contributed by atoms with van der Waals surface area (Å²) in [5.74, 6) is -0.657. The molecule has 1 amide bonds. The minimum absolute atomic E-state index is 0.0381. The molecule has 0 aliphatic rings. The Kier molecular flexibility index (Phi) is 18.7. The first-order valence-corrected chi connectivity index (χ1v) is 15.7. The van der Waals surface area contributed by atoms with E-state index in [0.717, 1.165) is 16.7 Å². The van der Waals surface area contributed by atoms with Gasteiger partial charge < -0.3 is 5.11 Å². The second kappa shape index (κ2) is 21.8. The Labute approximate surface area is 281 Å². The van der Waals surface area contributed by atoms with Crippen molar-refractivity contribution in [1.82, 2.24) is 5.06 Å². The highest BCUT2D eigenvalue weighted by Crippen LogP contribution is 2.21. The van der Waals surface area contributed by atoms with Crippen LogP contribution in [0, 0.1) is 0 Å². The van der Waals surface area contributed by atoms with Crippen LogP contribution in [0.3, 0.4) is 0 Å². The highest BCUT2D eigenvalue weighted by Gasteiger charge is 2.18. The van der Waals surface area contributed by atoms with Crippen LogP contribution in [0.1, 0.15) is 87.5 Å². The van der Waals surface area contributed by atoms with Gasteiger partial charge in [-0.3, -0.25) is 19.2 Å². The Balaban J connectivity index is 0.000000315. The van der Waals surface area contributed by atoms with E-state index >= 15 is 0 Å². The van der Waals surface area contributed by atoms with Crippen LogP contribution in [0.4, 0.5) is 0 Å². The number of Topliss-reactive ketones (excluding diaryl/α,β-unsaturated/α-hetero) is 1. The molecule has 6 heteroatoms. The fraction of sp³-hybridized carbons (Fsp3) is 0.293. The molecule has 0 saturated carbocycles. The van der Waals surface area contributed by atoms with Crippen molar-refractivity contribution >= 4 is 17.7 Å². The second-order valence-corrected chi connectivity index (χ2v) is 11.3. The zero-order valence-electron chi connectivity index (χ0n) is 29.1. The standard InChI is InChI=1S/C11H15NO2.C11H14.C10H12O.C9H10O2/c1-9(11(13)12(2)14-3)10-7-5-4-6-8-10;1-9(2)10(3)11-7-5-4-6-8-11;1-8(9(2)11)10-6-4-3-5-7-10;1-7(9(10)11)8-5-3-2-4-6-8/h4-9H,1-3H3;4-8,10H,1H2,2-3H3;3-8H,1-2H3;2-7H,1H3,(H,10,11). The number of benzene rings is 4. The van der Waals surface area contributed by atoms with E-state index in [9.17, 15) is 14.4 Å². The van der Waals surface area contributed by atoms with Crippen LogP contribution in [0.5, 0.6) is 0 Å². The monoisotopic (exact) mass is 637 g/mol. The van der Waals surface area contributed by atoms with Gasteiger partial charge in [0.25, 0.3) is 5.91 Å². The molecule has 1 N–H and O–H groups in total. The summed E-state index contributed by atoms with van der Waals surface area (Å²) < 4.78 is 0. The molecule has 4 rings (SSSR count). The maximum atomic E-state index is 11.7. The number of rotatable bonds is 9. The molecule has 0 saturated heterocycles. The summed E-state index contributed by atoms with van der Waals surface area (Å²) in [5, 5.41) is 9.88. The molecule has 47 heavy (non-hydrogen) atoms. The minimum atomic E-state index is -0.781. The van der Waals surface area contributed by atoms with Crippen molar-refractivity contribution < 1.29 is 24.3 Å². The first kappa shape index (κ1) is 40.2. The number of carbonyl (C=O) groups is 3. The van der Waals surface area contributed by atoms with E-state index in [2.05, 4.69) is 44.7 Å². The molecule has 4 aromatic carbocycles. The van der Waals surface area contributed by atoms with Crippen LogP contribution in [0.25, 0.3) is 0 Å². The summed E-state index contributed by atoms with van der Waals surface area (Å²) in [6.07, 6.45) is 0. The van der Waals surface area contributed by atoms with Crippen molar-refractivity contribution in [3.8, 4) is 0 Å². The van der Waals surface area contributed by atoms with E-state index < -0.39 is 11.9 Å². The van der Waals surface area contributed by atoms with Crippen LogP contribution in [0.2, 0.25) is 0 Å². The van der Waals surface area contributed by atoms with Gasteiger partial charge in [0.05, 0.1) is 18.9 Å². The normalized spacial score (nSPS) is 12.4. The second-order valence-electron chi connectivity index (χ2n) is 11.3. The van der Waals surface area contributed by atoms with Gasteiger partial charge in [-0.2, -0.15) is 0 Å². The average Bonchev–Trinajstić information content (AvgIpc) is 3.11. The number of nitrogens with zero attached hydrogens (tertiary/aromatic N) is 1. The number of ketones is 1. The fourth-order valence-electron chi connectivity index (χ4n) is 4.13. The SMILES string of the molecule is C=C(C)C(C)c1ccccc1.CC(=O)C(C)c1ccccc1.CC(C(=O)O)c1ccccc1.CON(C)C(=O)C(C)c1ccccc1. The highest BCUT2D eigenvalue weighted by molar-refractivity contribution is 5.83. The third-order valence-electron chi connectivity index (χ3n) is 7.87. The van der Waals surface area contributed by atoms with Gasteiger partial charge in [0.1, 0.15) is 5.78 Å². The first-order valence-electron chi connectivity index (χ1n) is 15.7. The molecule has 0 fully saturated rings. The van der Waals surface area contributed by atoms with Crippen molar-refractivity contribution in [3.63, 3.8) is 0 Å². The summed E-state index contributed by atoms with van der Waals surface area (Å²) in [4.78, 5) is 38.0. The Bertz CT molecular complexity index is 1340. The molecule has 0 spiro atoms. The number of carbonyl (C=O) groups excluding carboxylic acids is 2. The summed E-state index contributed by atoms with van der Waals surface area (Å²) in [6, 6.07) is 39.1. The van der Waals surface area contributed by atoms with E-state index in [1.165, 1.54) is 23.3 Å². The van der Waals surface area contributed by atoms with Crippen molar-refractivity contribution in [2.45, 2.75) is 65.2 Å². The number of aliphatic carboxylic acids is 1. The molecule has 4 unspecified atom stereocenters. The summed E-state index contributed by atoms with van der Waals surface area (Å²) in [5.41, 5.74) is 5.51. The number of carboxylic acids is 1. The lowest BCUT2D eigenvalue weighted by atomic mass is 9.95. The molecule has 0 bridgehead atoms. The van der Waals surface area contributed by atoms with Gasteiger partial charge in [-0.05, 0) is 49.9 Å². The topological polar surface area (TPSA) is 83.9 Å². The summed E-state index contributed by atoms with van der Waals surface area (Å²) >= 11 is 0. The number of hydroxylamine groups is 2. The highest BCUT2D eigenvalue weighted by atomic mass is 16.7. The van der Waals surface area contributed by atoms with Gasteiger partial charge in [0.2, 0.25) is 0 Å². The van der Waals surface area contributed by atoms with Gasteiger partial charge in [-0.25, -0.2) is 5.06 Å². The lowest BCUT2D eigenvalue weighted by molar-refractivity contribution is -0.170. The Morgan fingerprint density at radius 3 is 1.15 bits per heavy atom. The Hall–Kier alpha value is -4.81. The average molecular weight is 638 g/mol. The van der Waals surface area contributed by atoms with Crippen LogP contribution in [-0.2, 0) is 19.2 Å². The summed E-state index contributed by atoms with van der Waals surface area (Å²) in [6.45, 7) is 15.3. The van der Waals surface area contributed by atoms with E-state index in [-0.39, 0.29) is 23.5 Å². The zero-order chi connectivity index (χ0) is 35.4. The summed E-state index contributed by atoms with van der Waals surface area (Å²) in [7, 11) is 3.09. The van der Waals surface area contributed by atoms with Crippen molar-refractivity contribution in [2.24, 2.45) is 0 Å². The molecule has 250 valence electrons. The Morgan fingerprint density at radius 2 is 0.872 bits per heavy atom. The number of hydrogen-bond donors (Lipinski definition) is 1. The molecule has 6 nitrogen and oxygen atoms in total. The van der Waals surface area contributed by atoms with Gasteiger partial charge >= 0.3 is 5.97 Å². The van der Waals surface area contributed by atoms with Crippen LogP contribution in [0.15, 0.2) is 133 Å². The molecule has 0 aromatic heterocycles. The minimum Gasteiger partial charge on any atom is -0.481 e. The smallest absolute Gasteiger partial charge is 0.310 e.